The van der Waals surface area contributed by atoms with Crippen LogP contribution in [0, 0.1) is 6.92 Å². The van der Waals surface area contributed by atoms with E-state index in [1.165, 1.54) is 0 Å². The van der Waals surface area contributed by atoms with Crippen LogP contribution in [-0.4, -0.2) is 51.5 Å². The van der Waals surface area contributed by atoms with Crippen molar-refractivity contribution >= 4 is 15.9 Å². The normalized spacial score (nSPS) is 15.6. The fourth-order valence-electron chi connectivity index (χ4n) is 3.86. The van der Waals surface area contributed by atoms with Crippen molar-refractivity contribution in [3.63, 3.8) is 0 Å². The van der Waals surface area contributed by atoms with E-state index in [2.05, 4.69) is 5.32 Å². The smallest absolute Gasteiger partial charge is 0.243 e. The lowest BCUT2D eigenvalue weighted by Crippen LogP contribution is -2.37. The number of nitrogens with zero attached hydrogens (tertiary/aromatic N) is 1. The van der Waals surface area contributed by atoms with Crippen molar-refractivity contribution in [2.24, 2.45) is 0 Å². The zero-order valence-electron chi connectivity index (χ0n) is 19.7. The van der Waals surface area contributed by atoms with Crippen LogP contribution in [0.5, 0.6) is 11.5 Å². The van der Waals surface area contributed by atoms with Gasteiger partial charge in [0, 0.05) is 19.5 Å². The predicted octanol–water partition coefficient (Wildman–Crippen LogP) is 3.69. The minimum atomic E-state index is -3.54. The number of carbonyl (C=O) groups is 1. The molecule has 180 valence electrons. The number of hydrogen-bond acceptors (Lipinski definition) is 5. The van der Waals surface area contributed by atoms with Gasteiger partial charge in [0.15, 0.2) is 0 Å². The second-order valence-electron chi connectivity index (χ2n) is 8.53. The van der Waals surface area contributed by atoms with Crippen molar-refractivity contribution in [3.8, 4) is 11.5 Å². The molecule has 1 N–H and O–H groups in total. The van der Waals surface area contributed by atoms with Gasteiger partial charge < -0.3 is 14.8 Å². The van der Waals surface area contributed by atoms with E-state index in [1.807, 2.05) is 38.1 Å². The van der Waals surface area contributed by atoms with Gasteiger partial charge in [-0.3, -0.25) is 4.79 Å². The Morgan fingerprint density at radius 1 is 1.09 bits per heavy atom. The van der Waals surface area contributed by atoms with E-state index in [1.54, 1.807) is 29.6 Å². The number of methoxy groups -OCH3 is 1. The first kappa shape index (κ1) is 25.1. The summed E-state index contributed by atoms with van der Waals surface area (Å²) >= 11 is 0. The highest BCUT2D eigenvalue weighted by molar-refractivity contribution is 7.89. The van der Waals surface area contributed by atoms with Gasteiger partial charge in [0.2, 0.25) is 15.9 Å². The van der Waals surface area contributed by atoms with Crippen molar-refractivity contribution in [3.05, 3.63) is 53.6 Å². The molecule has 0 spiro atoms. The highest BCUT2D eigenvalue weighted by atomic mass is 32.2. The highest BCUT2D eigenvalue weighted by Crippen LogP contribution is 2.27. The van der Waals surface area contributed by atoms with E-state index in [0.29, 0.717) is 37.4 Å². The van der Waals surface area contributed by atoms with Crippen LogP contribution in [0.3, 0.4) is 0 Å². The summed E-state index contributed by atoms with van der Waals surface area (Å²) in [6.45, 7) is 5.36. The third-order valence-electron chi connectivity index (χ3n) is 5.75. The van der Waals surface area contributed by atoms with E-state index in [-0.39, 0.29) is 23.3 Å². The third kappa shape index (κ3) is 6.95. The molecule has 1 atom stereocenters. The molecule has 1 aliphatic heterocycles. The first-order valence-corrected chi connectivity index (χ1v) is 12.9. The number of amides is 1. The first-order valence-electron chi connectivity index (χ1n) is 11.5. The van der Waals surface area contributed by atoms with Crippen molar-refractivity contribution in [2.45, 2.75) is 56.9 Å². The summed E-state index contributed by atoms with van der Waals surface area (Å²) in [5, 5.41) is 2.93. The van der Waals surface area contributed by atoms with Gasteiger partial charge in [-0.2, -0.15) is 4.31 Å². The molecule has 0 aliphatic carbocycles. The van der Waals surface area contributed by atoms with Crippen LogP contribution in [0.25, 0.3) is 0 Å². The molecular formula is C25H34N2O5S. The van der Waals surface area contributed by atoms with Crippen LogP contribution >= 0.6 is 0 Å². The highest BCUT2D eigenvalue weighted by Gasteiger charge is 2.26. The Kier molecular flexibility index (Phi) is 8.74. The van der Waals surface area contributed by atoms with E-state index in [0.717, 1.165) is 30.6 Å². The Morgan fingerprint density at radius 2 is 1.79 bits per heavy atom. The van der Waals surface area contributed by atoms with Crippen molar-refractivity contribution in [1.29, 1.82) is 0 Å². The summed E-state index contributed by atoms with van der Waals surface area (Å²) < 4.78 is 38.7. The number of piperidine rings is 1. The van der Waals surface area contributed by atoms with Crippen molar-refractivity contribution < 1.29 is 22.7 Å². The second kappa shape index (κ2) is 11.5. The Bertz CT molecular complexity index is 1030. The fourth-order valence-corrected chi connectivity index (χ4v) is 5.43. The molecule has 0 unspecified atom stereocenters. The molecule has 1 saturated heterocycles. The summed E-state index contributed by atoms with van der Waals surface area (Å²) in [6, 6.07) is 12.5. The van der Waals surface area contributed by atoms with Gasteiger partial charge in [0.1, 0.15) is 18.1 Å². The maximum Gasteiger partial charge on any atom is 0.243 e. The van der Waals surface area contributed by atoms with Crippen LogP contribution in [-0.2, 0) is 21.2 Å². The number of carbonyl (C=O) groups excluding carboxylic acids is 1. The maximum atomic E-state index is 13.0. The van der Waals surface area contributed by atoms with Gasteiger partial charge in [-0.25, -0.2) is 8.42 Å². The van der Waals surface area contributed by atoms with Gasteiger partial charge in [-0.05, 0) is 69.0 Å². The predicted molar refractivity (Wildman–Crippen MR) is 128 cm³/mol. The number of nitrogens with one attached hydrogen (secondary N) is 1. The van der Waals surface area contributed by atoms with Gasteiger partial charge >= 0.3 is 0 Å². The molecule has 1 aliphatic rings. The number of rotatable bonds is 10. The molecule has 0 aromatic heterocycles. The number of hydrogen-bond donors (Lipinski definition) is 1. The minimum Gasteiger partial charge on any atom is -0.496 e. The fraction of sp³-hybridized carbons (Fsp3) is 0.480. The zero-order valence-corrected chi connectivity index (χ0v) is 20.5. The summed E-state index contributed by atoms with van der Waals surface area (Å²) in [5.41, 5.74) is 1.86. The van der Waals surface area contributed by atoms with Crippen molar-refractivity contribution in [2.75, 3.05) is 26.8 Å². The standard InChI is InChI=1S/C25H34N2O5S/c1-19-7-10-22(11-8-19)32-18-20(2)26-25(28)14-9-21-17-23(12-13-24(21)31-3)33(29,30)27-15-5-4-6-16-27/h7-8,10-13,17,20H,4-6,9,14-16,18H2,1-3H3,(H,26,28)/t20-/m1/s1. The van der Waals surface area contributed by atoms with Crippen LogP contribution in [0.4, 0.5) is 0 Å². The average Bonchev–Trinajstić information content (AvgIpc) is 2.82. The van der Waals surface area contributed by atoms with Crippen molar-refractivity contribution in [1.82, 2.24) is 9.62 Å². The minimum absolute atomic E-state index is 0.124. The molecule has 8 heteroatoms. The molecule has 2 aromatic rings. The summed E-state index contributed by atoms with van der Waals surface area (Å²) in [5.74, 6) is 1.22. The van der Waals surface area contributed by atoms with Crippen LogP contribution < -0.4 is 14.8 Å². The summed E-state index contributed by atoms with van der Waals surface area (Å²) in [4.78, 5) is 12.7. The topological polar surface area (TPSA) is 84.9 Å². The van der Waals surface area contributed by atoms with Crippen LogP contribution in [0.1, 0.15) is 43.7 Å². The summed E-state index contributed by atoms with van der Waals surface area (Å²) in [6.07, 6.45) is 3.42. The molecule has 0 radical (unpaired) electrons. The quantitative estimate of drug-likeness (QED) is 0.568. The lowest BCUT2D eigenvalue weighted by Gasteiger charge is -2.26. The van der Waals surface area contributed by atoms with Gasteiger partial charge in [0.05, 0.1) is 18.0 Å². The molecule has 1 fully saturated rings. The Hall–Kier alpha value is -2.58. The SMILES string of the molecule is COc1ccc(S(=O)(=O)N2CCCCC2)cc1CCC(=O)N[C@H](C)COc1ccc(C)cc1. The van der Waals surface area contributed by atoms with Gasteiger partial charge in [-0.1, -0.05) is 24.1 Å². The molecule has 1 heterocycles. The first-order chi connectivity index (χ1) is 15.8. The Morgan fingerprint density at radius 3 is 2.45 bits per heavy atom. The Balaban J connectivity index is 1.57. The molecule has 1 amide bonds. The molecule has 2 aromatic carbocycles. The number of ether oxygens (including phenoxy) is 2. The molecule has 33 heavy (non-hydrogen) atoms. The van der Waals surface area contributed by atoms with Crippen LogP contribution in [0.15, 0.2) is 47.4 Å². The molecule has 0 bridgehead atoms. The monoisotopic (exact) mass is 474 g/mol. The molecule has 3 rings (SSSR count). The van der Waals surface area contributed by atoms with Gasteiger partial charge in [0.25, 0.3) is 0 Å². The maximum absolute atomic E-state index is 13.0. The number of benzene rings is 2. The number of sulfonamides is 1. The van der Waals surface area contributed by atoms with Gasteiger partial charge in [-0.15, -0.1) is 0 Å². The van der Waals surface area contributed by atoms with E-state index in [9.17, 15) is 13.2 Å². The van der Waals surface area contributed by atoms with E-state index >= 15 is 0 Å². The van der Waals surface area contributed by atoms with E-state index < -0.39 is 10.0 Å². The Labute approximate surface area is 197 Å². The average molecular weight is 475 g/mol. The van der Waals surface area contributed by atoms with Crippen LogP contribution in [0.2, 0.25) is 0 Å². The zero-order chi connectivity index (χ0) is 23.8. The molecule has 7 nitrogen and oxygen atoms in total. The lowest BCUT2D eigenvalue weighted by molar-refractivity contribution is -0.121. The lowest BCUT2D eigenvalue weighted by atomic mass is 10.1. The third-order valence-corrected chi connectivity index (χ3v) is 7.65. The molecular weight excluding hydrogens is 440 g/mol. The second-order valence-corrected chi connectivity index (χ2v) is 10.5. The molecule has 0 saturated carbocycles. The largest absolute Gasteiger partial charge is 0.496 e. The summed E-state index contributed by atoms with van der Waals surface area (Å²) in [7, 11) is -2.00. The number of aryl methyl sites for hydroxylation is 2. The van der Waals surface area contributed by atoms with E-state index in [4.69, 9.17) is 9.47 Å².